The van der Waals surface area contributed by atoms with Crippen LogP contribution in [0.15, 0.2) is 36.4 Å². The van der Waals surface area contributed by atoms with Crippen LogP contribution in [0.1, 0.15) is 36.8 Å². The molecule has 3 N–H and O–H groups in total. The summed E-state index contributed by atoms with van der Waals surface area (Å²) in [5.41, 5.74) is 2.28. The Hall–Kier alpha value is -1.83. The Balaban J connectivity index is 1.79. The van der Waals surface area contributed by atoms with Gasteiger partial charge in [0.1, 0.15) is 0 Å². The van der Waals surface area contributed by atoms with Crippen molar-refractivity contribution >= 4 is 23.6 Å². The maximum Gasteiger partial charge on any atom is 0.303 e. The molecular formula is C22H32N2O4S. The number of rotatable bonds is 13. The van der Waals surface area contributed by atoms with E-state index in [0.717, 1.165) is 30.0 Å². The van der Waals surface area contributed by atoms with Crippen LogP contribution in [0.2, 0.25) is 0 Å². The van der Waals surface area contributed by atoms with Gasteiger partial charge in [0.15, 0.2) is 0 Å². The zero-order valence-electron chi connectivity index (χ0n) is 17.0. The molecule has 0 saturated carbocycles. The van der Waals surface area contributed by atoms with E-state index in [1.807, 2.05) is 30.2 Å². The molecule has 7 heteroatoms. The van der Waals surface area contributed by atoms with E-state index in [4.69, 9.17) is 5.11 Å². The Bertz CT molecular complexity index is 695. The highest BCUT2D eigenvalue weighted by Crippen LogP contribution is 2.21. The summed E-state index contributed by atoms with van der Waals surface area (Å²) in [6, 6.07) is 8.21. The molecule has 1 fully saturated rings. The third kappa shape index (κ3) is 8.60. The summed E-state index contributed by atoms with van der Waals surface area (Å²) in [6.07, 6.45) is 5.90. The lowest BCUT2D eigenvalue weighted by atomic mass is 10.0. The van der Waals surface area contributed by atoms with Crippen LogP contribution in [0.5, 0.6) is 0 Å². The van der Waals surface area contributed by atoms with Crippen molar-refractivity contribution in [2.45, 2.75) is 50.8 Å². The minimum Gasteiger partial charge on any atom is -0.481 e. The van der Waals surface area contributed by atoms with Crippen molar-refractivity contribution < 1.29 is 19.8 Å². The highest BCUT2D eigenvalue weighted by atomic mass is 32.2. The Morgan fingerprint density at radius 3 is 2.93 bits per heavy atom. The molecule has 0 bridgehead atoms. The number of nitrogens with zero attached hydrogens (tertiary/aromatic N) is 1. The second-order valence-corrected chi connectivity index (χ2v) is 8.53. The van der Waals surface area contributed by atoms with Crippen molar-refractivity contribution in [3.05, 3.63) is 47.5 Å². The summed E-state index contributed by atoms with van der Waals surface area (Å²) < 4.78 is 0. The Morgan fingerprint density at radius 1 is 1.38 bits per heavy atom. The number of benzene rings is 1. The molecule has 1 amide bonds. The SMILES string of the molecule is CNCc1cccc(C[C@H](O)/C=C/[C@H]2CCC(=O)N2CCSCCCC(=O)O)c1. The van der Waals surface area contributed by atoms with Crippen molar-refractivity contribution in [2.24, 2.45) is 0 Å². The molecule has 1 saturated heterocycles. The van der Waals surface area contributed by atoms with E-state index in [1.165, 1.54) is 5.56 Å². The van der Waals surface area contributed by atoms with E-state index in [0.29, 0.717) is 25.8 Å². The first-order chi connectivity index (χ1) is 14.0. The molecule has 29 heavy (non-hydrogen) atoms. The zero-order valence-corrected chi connectivity index (χ0v) is 17.9. The lowest BCUT2D eigenvalue weighted by Crippen LogP contribution is -2.34. The number of thioether (sulfide) groups is 1. The molecule has 160 valence electrons. The summed E-state index contributed by atoms with van der Waals surface area (Å²) in [5, 5.41) is 22.2. The number of nitrogens with one attached hydrogen (secondary N) is 1. The Kier molecular flexibility index (Phi) is 10.2. The van der Waals surface area contributed by atoms with Crippen LogP contribution in [-0.4, -0.2) is 64.2 Å². The number of aliphatic carboxylic acids is 1. The second-order valence-electron chi connectivity index (χ2n) is 7.31. The van der Waals surface area contributed by atoms with Crippen molar-refractivity contribution in [3.63, 3.8) is 0 Å². The number of likely N-dealkylation sites (tertiary alicyclic amines) is 1. The Morgan fingerprint density at radius 2 is 2.17 bits per heavy atom. The van der Waals surface area contributed by atoms with E-state index in [9.17, 15) is 14.7 Å². The number of carboxylic acid groups (broad SMARTS) is 1. The van der Waals surface area contributed by atoms with E-state index >= 15 is 0 Å². The summed E-state index contributed by atoms with van der Waals surface area (Å²) in [4.78, 5) is 24.6. The van der Waals surface area contributed by atoms with Gasteiger partial charge in [0.2, 0.25) is 5.91 Å². The van der Waals surface area contributed by atoms with Crippen LogP contribution in [0.25, 0.3) is 0 Å². The molecular weight excluding hydrogens is 388 g/mol. The molecule has 1 aromatic rings. The van der Waals surface area contributed by atoms with Gasteiger partial charge in [-0.3, -0.25) is 9.59 Å². The molecule has 1 heterocycles. The van der Waals surface area contributed by atoms with Gasteiger partial charge in [0, 0.05) is 38.1 Å². The quantitative estimate of drug-likeness (QED) is 0.336. The van der Waals surface area contributed by atoms with Crippen molar-refractivity contribution in [2.75, 3.05) is 25.1 Å². The number of amides is 1. The molecule has 2 atom stereocenters. The second kappa shape index (κ2) is 12.7. The lowest BCUT2D eigenvalue weighted by molar-refractivity contribution is -0.137. The van der Waals surface area contributed by atoms with Crippen molar-refractivity contribution in [1.29, 1.82) is 0 Å². The molecule has 2 rings (SSSR count). The topological polar surface area (TPSA) is 89.9 Å². The third-order valence-corrected chi connectivity index (χ3v) is 5.95. The molecule has 0 aromatic heterocycles. The first kappa shape index (κ1) is 23.4. The molecule has 1 aromatic carbocycles. The molecule has 1 aliphatic heterocycles. The fourth-order valence-corrected chi connectivity index (χ4v) is 4.35. The molecule has 1 aliphatic rings. The maximum atomic E-state index is 12.2. The third-order valence-electron chi connectivity index (χ3n) is 4.90. The fourth-order valence-electron chi connectivity index (χ4n) is 3.47. The van der Waals surface area contributed by atoms with E-state index in [1.54, 1.807) is 17.8 Å². The number of aliphatic hydroxyl groups excluding tert-OH is 1. The average Bonchev–Trinajstić information content (AvgIpc) is 3.03. The first-order valence-corrected chi connectivity index (χ1v) is 11.3. The standard InChI is InChI=1S/C22H32N2O4S/c1-23-16-18-5-2-4-17(14-18)15-20(25)9-7-19-8-10-21(26)24(19)11-13-29-12-3-6-22(27)28/h2,4-5,7,9,14,19-20,23,25H,3,6,8,10-13,15-16H2,1H3,(H,27,28)/b9-7+/t19-,20+/m0/s1. The number of hydrogen-bond donors (Lipinski definition) is 3. The zero-order chi connectivity index (χ0) is 21.1. The van der Waals surface area contributed by atoms with E-state index in [-0.39, 0.29) is 18.4 Å². The molecule has 0 spiro atoms. The van der Waals surface area contributed by atoms with Crippen molar-refractivity contribution in [1.82, 2.24) is 10.2 Å². The van der Waals surface area contributed by atoms with Gasteiger partial charge in [-0.15, -0.1) is 0 Å². The minimum atomic E-state index is -0.766. The monoisotopic (exact) mass is 420 g/mol. The largest absolute Gasteiger partial charge is 0.481 e. The molecule has 0 radical (unpaired) electrons. The number of carboxylic acids is 1. The van der Waals surface area contributed by atoms with Gasteiger partial charge in [-0.1, -0.05) is 36.4 Å². The number of hydrogen-bond acceptors (Lipinski definition) is 5. The van der Waals surface area contributed by atoms with Crippen LogP contribution in [0.3, 0.4) is 0 Å². The van der Waals surface area contributed by atoms with Gasteiger partial charge in [0.25, 0.3) is 0 Å². The van der Waals surface area contributed by atoms with Gasteiger partial charge in [-0.2, -0.15) is 11.8 Å². The highest BCUT2D eigenvalue weighted by molar-refractivity contribution is 7.99. The summed E-state index contributed by atoms with van der Waals surface area (Å²) >= 11 is 1.68. The number of carbonyl (C=O) groups is 2. The average molecular weight is 421 g/mol. The van der Waals surface area contributed by atoms with Crippen LogP contribution >= 0.6 is 11.8 Å². The van der Waals surface area contributed by atoms with Crippen LogP contribution in [0.4, 0.5) is 0 Å². The number of carbonyl (C=O) groups excluding carboxylic acids is 1. The predicted molar refractivity (Wildman–Crippen MR) is 117 cm³/mol. The minimum absolute atomic E-state index is 0.0346. The number of aliphatic hydroxyl groups is 1. The summed E-state index contributed by atoms with van der Waals surface area (Å²) in [5.74, 6) is 0.981. The molecule has 0 unspecified atom stereocenters. The van der Waals surface area contributed by atoms with Gasteiger partial charge < -0.3 is 20.4 Å². The predicted octanol–water partition coefficient (Wildman–Crippen LogP) is 2.45. The summed E-state index contributed by atoms with van der Waals surface area (Å²) in [7, 11) is 1.91. The molecule has 0 aliphatic carbocycles. The van der Waals surface area contributed by atoms with Crippen LogP contribution in [-0.2, 0) is 22.6 Å². The van der Waals surface area contributed by atoms with E-state index in [2.05, 4.69) is 17.4 Å². The fraction of sp³-hybridized carbons (Fsp3) is 0.545. The summed E-state index contributed by atoms with van der Waals surface area (Å²) in [6.45, 7) is 1.46. The molecule has 6 nitrogen and oxygen atoms in total. The van der Waals surface area contributed by atoms with Gasteiger partial charge in [-0.05, 0) is 36.8 Å². The Labute approximate surface area is 177 Å². The van der Waals surface area contributed by atoms with Crippen LogP contribution < -0.4 is 5.32 Å². The first-order valence-electron chi connectivity index (χ1n) is 10.2. The highest BCUT2D eigenvalue weighted by Gasteiger charge is 2.28. The normalized spacial score (nSPS) is 17.9. The maximum absolute atomic E-state index is 12.2. The lowest BCUT2D eigenvalue weighted by Gasteiger charge is -2.22. The van der Waals surface area contributed by atoms with Gasteiger partial charge in [-0.25, -0.2) is 0 Å². The smallest absolute Gasteiger partial charge is 0.303 e. The van der Waals surface area contributed by atoms with Gasteiger partial charge >= 0.3 is 5.97 Å². The van der Waals surface area contributed by atoms with Crippen molar-refractivity contribution in [3.8, 4) is 0 Å². The van der Waals surface area contributed by atoms with Gasteiger partial charge in [0.05, 0.1) is 12.1 Å². The van der Waals surface area contributed by atoms with Crippen LogP contribution in [0, 0.1) is 0 Å². The van der Waals surface area contributed by atoms with E-state index < -0.39 is 12.1 Å².